The number of hydrogen-bond donors (Lipinski definition) is 2. The van der Waals surface area contributed by atoms with Crippen LogP contribution in [0.3, 0.4) is 0 Å². The molecule has 2 aromatic carbocycles. The summed E-state index contributed by atoms with van der Waals surface area (Å²) in [6.45, 7) is 1.27. The third-order valence-corrected chi connectivity index (χ3v) is 5.19. The minimum Gasteiger partial charge on any atom is -0.486 e. The van der Waals surface area contributed by atoms with Gasteiger partial charge in [-0.25, -0.2) is 0 Å². The Bertz CT molecular complexity index is 897. The van der Waals surface area contributed by atoms with Gasteiger partial charge in [0.15, 0.2) is 11.5 Å². The fourth-order valence-electron chi connectivity index (χ4n) is 3.00. The summed E-state index contributed by atoms with van der Waals surface area (Å²) in [5.41, 5.74) is 1.82. The average molecular weight is 380 g/mol. The van der Waals surface area contributed by atoms with E-state index in [0.717, 1.165) is 5.56 Å². The third kappa shape index (κ3) is 4.30. The van der Waals surface area contributed by atoms with Crippen LogP contribution in [-0.4, -0.2) is 25.7 Å². The van der Waals surface area contributed by atoms with Crippen LogP contribution >= 0.6 is 11.3 Å². The van der Waals surface area contributed by atoms with Gasteiger partial charge in [-0.05, 0) is 29.1 Å². The normalized spacial score (nSPS) is 13.8. The molecule has 0 bridgehead atoms. The predicted octanol–water partition coefficient (Wildman–Crippen LogP) is 3.84. The minimum atomic E-state index is -0.107. The van der Waals surface area contributed by atoms with E-state index < -0.39 is 0 Å². The van der Waals surface area contributed by atoms with Gasteiger partial charge in [0.1, 0.15) is 13.2 Å². The van der Waals surface area contributed by atoms with Crippen LogP contribution in [-0.2, 0) is 4.79 Å². The molecular formula is C21H20N2O3S. The van der Waals surface area contributed by atoms with Crippen molar-refractivity contribution >= 4 is 22.9 Å². The van der Waals surface area contributed by atoms with E-state index in [9.17, 15) is 4.79 Å². The van der Waals surface area contributed by atoms with E-state index in [1.165, 1.54) is 4.88 Å². The zero-order chi connectivity index (χ0) is 18.5. The highest BCUT2D eigenvalue weighted by atomic mass is 32.1. The van der Waals surface area contributed by atoms with Crippen molar-refractivity contribution in [3.05, 3.63) is 76.5 Å². The van der Waals surface area contributed by atoms with Crippen LogP contribution in [0.25, 0.3) is 0 Å². The zero-order valence-corrected chi connectivity index (χ0v) is 15.5. The quantitative estimate of drug-likeness (QED) is 0.682. The van der Waals surface area contributed by atoms with Crippen LogP contribution < -0.4 is 20.1 Å². The molecule has 2 heterocycles. The summed E-state index contributed by atoms with van der Waals surface area (Å²) in [6.07, 6.45) is 0. The summed E-state index contributed by atoms with van der Waals surface area (Å²) in [6, 6.07) is 19.6. The zero-order valence-electron chi connectivity index (χ0n) is 14.7. The van der Waals surface area contributed by atoms with E-state index in [-0.39, 0.29) is 18.5 Å². The van der Waals surface area contributed by atoms with E-state index in [1.54, 1.807) is 17.4 Å². The van der Waals surface area contributed by atoms with E-state index in [4.69, 9.17) is 9.47 Å². The van der Waals surface area contributed by atoms with E-state index in [2.05, 4.69) is 28.8 Å². The number of carbonyl (C=O) groups is 1. The third-order valence-electron chi connectivity index (χ3n) is 4.25. The van der Waals surface area contributed by atoms with Crippen molar-refractivity contribution in [1.82, 2.24) is 5.32 Å². The maximum atomic E-state index is 12.4. The molecule has 1 atom stereocenters. The van der Waals surface area contributed by atoms with Gasteiger partial charge < -0.3 is 14.8 Å². The summed E-state index contributed by atoms with van der Waals surface area (Å²) in [5, 5.41) is 8.32. The van der Waals surface area contributed by atoms with Crippen molar-refractivity contribution in [2.75, 3.05) is 25.1 Å². The monoisotopic (exact) mass is 380 g/mol. The number of rotatable bonds is 6. The maximum absolute atomic E-state index is 12.4. The second-order valence-electron chi connectivity index (χ2n) is 6.15. The van der Waals surface area contributed by atoms with Crippen LogP contribution in [0, 0.1) is 0 Å². The smallest absolute Gasteiger partial charge is 0.238 e. The van der Waals surface area contributed by atoms with Crippen LogP contribution in [0.2, 0.25) is 0 Å². The van der Waals surface area contributed by atoms with Crippen molar-refractivity contribution in [2.24, 2.45) is 0 Å². The first-order chi connectivity index (χ1) is 13.3. The van der Waals surface area contributed by atoms with Gasteiger partial charge in [-0.2, -0.15) is 0 Å². The van der Waals surface area contributed by atoms with Gasteiger partial charge in [0, 0.05) is 16.6 Å². The molecule has 2 N–H and O–H groups in total. The number of anilines is 1. The van der Waals surface area contributed by atoms with Crippen LogP contribution in [0.5, 0.6) is 11.5 Å². The molecule has 4 rings (SSSR count). The molecule has 0 unspecified atom stereocenters. The molecule has 1 aliphatic heterocycles. The summed E-state index contributed by atoms with van der Waals surface area (Å²) >= 11 is 1.67. The Labute approximate surface area is 161 Å². The SMILES string of the molecule is O=C(CN[C@H](c1ccccc1)c1cccs1)Nc1ccc2c(c1)OCCO2. The molecular weight excluding hydrogens is 360 g/mol. The lowest BCUT2D eigenvalue weighted by Crippen LogP contribution is -2.31. The highest BCUT2D eigenvalue weighted by Gasteiger charge is 2.17. The van der Waals surface area contributed by atoms with E-state index in [0.29, 0.717) is 30.4 Å². The highest BCUT2D eigenvalue weighted by Crippen LogP contribution is 2.32. The average Bonchev–Trinajstić information content (AvgIpc) is 3.23. The molecule has 0 saturated heterocycles. The molecule has 1 amide bonds. The number of amides is 1. The summed E-state index contributed by atoms with van der Waals surface area (Å²) in [4.78, 5) is 13.6. The molecule has 138 valence electrons. The molecule has 0 saturated carbocycles. The van der Waals surface area contributed by atoms with Gasteiger partial charge in [0.05, 0.1) is 12.6 Å². The van der Waals surface area contributed by atoms with Crippen LogP contribution in [0.1, 0.15) is 16.5 Å². The molecule has 27 heavy (non-hydrogen) atoms. The van der Waals surface area contributed by atoms with Gasteiger partial charge in [0.25, 0.3) is 0 Å². The number of carbonyl (C=O) groups excluding carboxylic acids is 1. The number of hydrogen-bond acceptors (Lipinski definition) is 5. The van der Waals surface area contributed by atoms with Gasteiger partial charge in [-0.3, -0.25) is 10.1 Å². The minimum absolute atomic E-state index is 0.0165. The molecule has 6 heteroatoms. The standard InChI is InChI=1S/C21H20N2O3S/c24-20(23-16-8-9-17-18(13-16)26-11-10-25-17)14-22-21(19-7-4-12-27-19)15-5-2-1-3-6-15/h1-9,12-13,21-22H,10-11,14H2,(H,23,24)/t21-/m1/s1. The Morgan fingerprint density at radius 2 is 1.81 bits per heavy atom. The Kier molecular flexibility index (Phi) is 5.37. The second-order valence-corrected chi connectivity index (χ2v) is 7.13. The molecule has 1 aromatic heterocycles. The summed E-state index contributed by atoms with van der Waals surface area (Å²) in [7, 11) is 0. The largest absolute Gasteiger partial charge is 0.486 e. The van der Waals surface area contributed by atoms with Crippen molar-refractivity contribution in [3.8, 4) is 11.5 Å². The summed E-state index contributed by atoms with van der Waals surface area (Å²) in [5.74, 6) is 1.26. The van der Waals surface area contributed by atoms with Crippen molar-refractivity contribution in [1.29, 1.82) is 0 Å². The van der Waals surface area contributed by atoms with Crippen LogP contribution in [0.4, 0.5) is 5.69 Å². The summed E-state index contributed by atoms with van der Waals surface area (Å²) < 4.78 is 11.1. The van der Waals surface area contributed by atoms with Crippen molar-refractivity contribution in [2.45, 2.75) is 6.04 Å². The Morgan fingerprint density at radius 3 is 2.59 bits per heavy atom. The molecule has 3 aromatic rings. The van der Waals surface area contributed by atoms with Crippen LogP contribution in [0.15, 0.2) is 66.0 Å². The number of benzene rings is 2. The molecule has 5 nitrogen and oxygen atoms in total. The Balaban J connectivity index is 1.41. The molecule has 1 aliphatic rings. The van der Waals surface area contributed by atoms with Gasteiger partial charge >= 0.3 is 0 Å². The first-order valence-electron chi connectivity index (χ1n) is 8.81. The molecule has 0 radical (unpaired) electrons. The topological polar surface area (TPSA) is 59.6 Å². The van der Waals surface area contributed by atoms with Gasteiger partial charge in [0.2, 0.25) is 5.91 Å². The Morgan fingerprint density at radius 1 is 1.00 bits per heavy atom. The Hall–Kier alpha value is -2.83. The van der Waals surface area contributed by atoms with Gasteiger partial charge in [-0.1, -0.05) is 36.4 Å². The number of fused-ring (bicyclic) bond motifs is 1. The van der Waals surface area contributed by atoms with Crippen molar-refractivity contribution in [3.63, 3.8) is 0 Å². The lowest BCUT2D eigenvalue weighted by atomic mass is 10.1. The fourth-order valence-corrected chi connectivity index (χ4v) is 3.83. The highest BCUT2D eigenvalue weighted by molar-refractivity contribution is 7.10. The number of thiophene rings is 1. The van der Waals surface area contributed by atoms with E-state index in [1.807, 2.05) is 41.8 Å². The first-order valence-corrected chi connectivity index (χ1v) is 9.69. The molecule has 0 spiro atoms. The lowest BCUT2D eigenvalue weighted by Gasteiger charge is -2.20. The molecule has 0 fully saturated rings. The number of ether oxygens (including phenoxy) is 2. The lowest BCUT2D eigenvalue weighted by molar-refractivity contribution is -0.115. The maximum Gasteiger partial charge on any atom is 0.238 e. The van der Waals surface area contributed by atoms with Crippen molar-refractivity contribution < 1.29 is 14.3 Å². The number of nitrogens with one attached hydrogen (secondary N) is 2. The van der Waals surface area contributed by atoms with Gasteiger partial charge in [-0.15, -0.1) is 11.3 Å². The first kappa shape index (κ1) is 17.6. The predicted molar refractivity (Wildman–Crippen MR) is 107 cm³/mol. The van der Waals surface area contributed by atoms with E-state index >= 15 is 0 Å². The second kappa shape index (κ2) is 8.24. The fraction of sp³-hybridized carbons (Fsp3) is 0.190. The molecule has 0 aliphatic carbocycles.